The average Bonchev–Trinajstić information content (AvgIpc) is 3.37. The minimum Gasteiger partial charge on any atom is -0.469 e. The Kier molecular flexibility index (Phi) is 67.7. The van der Waals surface area contributed by atoms with Crippen molar-refractivity contribution in [3.8, 4) is 0 Å². The molecule has 28 nitrogen and oxygen atoms in total. The van der Waals surface area contributed by atoms with Gasteiger partial charge < -0.3 is 76.5 Å². The lowest BCUT2D eigenvalue weighted by Crippen LogP contribution is -2.35. The third-order valence-electron chi connectivity index (χ3n) is 7.22. The van der Waals surface area contributed by atoms with Crippen molar-refractivity contribution in [3.63, 3.8) is 0 Å². The fourth-order valence-electron chi connectivity index (χ4n) is 3.76. The standard InChI is InChI=1S/2C12H18O8.2C6H8O4.2C2H6O2.3CH4/c2*1-17-9(13)5-7(11(15)19-3)8(12(16)20-4)6-10(14)18-2;2*1-9-5(7)3-4-6(8)10-2;2*1-4-2-3;;;/h2*7-8H,5-6H2,1-4H3;2*3-4H,1-2H3;2*3H,2H2,1H3;3*1H4. The zero-order valence-corrected chi connectivity index (χ0v) is 40.4. The second-order valence-electron chi connectivity index (χ2n) is 11.2. The summed E-state index contributed by atoms with van der Waals surface area (Å²) in [4.78, 5) is 133. The van der Waals surface area contributed by atoms with E-state index in [0.717, 1.165) is 81.2 Å². The molecule has 0 saturated carbocycles. The van der Waals surface area contributed by atoms with Gasteiger partial charge in [0.25, 0.3) is 0 Å². The van der Waals surface area contributed by atoms with Crippen molar-refractivity contribution >= 4 is 71.6 Å². The van der Waals surface area contributed by atoms with Crippen LogP contribution in [0.2, 0.25) is 0 Å². The zero-order valence-electron chi connectivity index (χ0n) is 40.4. The van der Waals surface area contributed by atoms with Crippen molar-refractivity contribution in [2.75, 3.05) is 113 Å². The molecule has 0 bridgehead atoms. The molecule has 0 aliphatic carbocycles. The molecule has 0 aliphatic heterocycles. The largest absolute Gasteiger partial charge is 0.469 e. The summed E-state index contributed by atoms with van der Waals surface area (Å²) in [5.41, 5.74) is 0. The van der Waals surface area contributed by atoms with Gasteiger partial charge in [0, 0.05) is 38.5 Å². The van der Waals surface area contributed by atoms with Crippen molar-refractivity contribution in [2.45, 2.75) is 48.0 Å². The van der Waals surface area contributed by atoms with E-state index in [1.165, 1.54) is 42.7 Å². The number of aliphatic hydroxyl groups is 2. The molecule has 0 aromatic carbocycles. The van der Waals surface area contributed by atoms with E-state index in [0.29, 0.717) is 0 Å². The molecule has 71 heavy (non-hydrogen) atoms. The van der Waals surface area contributed by atoms with Crippen LogP contribution in [0.25, 0.3) is 0 Å². The van der Waals surface area contributed by atoms with Gasteiger partial charge in [-0.15, -0.1) is 0 Å². The SMILES string of the molecule is C.C.C.COC(=O)C=CC(=O)OC.COC(=O)C=CC(=O)OC.COC(=O)CC(C(=O)OC)C(CC(=O)OC)C(=O)OC.COC(=O)CC(C(=O)OC)C(CC(=O)OC)C(=O)OC.COCO.COCO. The Morgan fingerprint density at radius 3 is 0.521 bits per heavy atom. The van der Waals surface area contributed by atoms with E-state index in [4.69, 9.17) is 10.2 Å². The van der Waals surface area contributed by atoms with Crippen LogP contribution in [0, 0.1) is 23.7 Å². The highest BCUT2D eigenvalue weighted by atomic mass is 16.6. The Bertz CT molecular complexity index is 1340. The van der Waals surface area contributed by atoms with Gasteiger partial charge in [0.2, 0.25) is 0 Å². The predicted molar refractivity (Wildman–Crippen MR) is 243 cm³/mol. The molecule has 0 aliphatic rings. The van der Waals surface area contributed by atoms with Crippen LogP contribution in [-0.2, 0) is 124 Å². The molecule has 0 aromatic rings. The summed E-state index contributed by atoms with van der Waals surface area (Å²) >= 11 is 0. The van der Waals surface area contributed by atoms with Gasteiger partial charge in [-0.25, -0.2) is 19.2 Å². The fourth-order valence-corrected chi connectivity index (χ4v) is 3.76. The number of rotatable bonds is 20. The van der Waals surface area contributed by atoms with E-state index in [1.807, 2.05) is 0 Å². The first-order valence-electron chi connectivity index (χ1n) is 18.5. The van der Waals surface area contributed by atoms with Crippen LogP contribution < -0.4 is 0 Å². The van der Waals surface area contributed by atoms with Crippen LogP contribution in [0.4, 0.5) is 0 Å². The normalized spacial score (nSPS) is 10.7. The van der Waals surface area contributed by atoms with Crippen molar-refractivity contribution in [1.29, 1.82) is 0 Å². The van der Waals surface area contributed by atoms with E-state index in [1.54, 1.807) is 0 Å². The van der Waals surface area contributed by atoms with Gasteiger partial charge in [-0.1, -0.05) is 22.3 Å². The first-order chi connectivity index (χ1) is 32.0. The minimum absolute atomic E-state index is 0. The summed E-state index contributed by atoms with van der Waals surface area (Å²) in [5.74, 6) is -13.1. The van der Waals surface area contributed by atoms with Crippen molar-refractivity contribution in [3.05, 3.63) is 24.3 Å². The molecule has 0 fully saturated rings. The van der Waals surface area contributed by atoms with Gasteiger partial charge in [-0.2, -0.15) is 0 Å². The molecule has 4 atom stereocenters. The average molecular weight is 1040 g/mol. The van der Waals surface area contributed by atoms with Crippen LogP contribution in [0.3, 0.4) is 0 Å². The molecule has 0 radical (unpaired) electrons. The molecular weight excluding hydrogens is 964 g/mol. The van der Waals surface area contributed by atoms with Gasteiger partial charge in [0.05, 0.1) is 135 Å². The molecule has 0 spiro atoms. The Balaban J connectivity index is -0.000000100. The number of hydrogen-bond donors (Lipinski definition) is 2. The van der Waals surface area contributed by atoms with E-state index in [9.17, 15) is 57.5 Å². The molecule has 2 N–H and O–H groups in total. The maximum atomic E-state index is 11.7. The fraction of sp³-hybridized carbons (Fsp3) is 0.628. The number of aliphatic hydroxyl groups excluding tert-OH is 2. The zero-order chi connectivity index (χ0) is 54.2. The van der Waals surface area contributed by atoms with Crippen LogP contribution in [0.5, 0.6) is 0 Å². The van der Waals surface area contributed by atoms with Gasteiger partial charge in [0.15, 0.2) is 0 Å². The van der Waals surface area contributed by atoms with Gasteiger partial charge in [-0.05, 0) is 0 Å². The third kappa shape index (κ3) is 49.2. The maximum absolute atomic E-state index is 11.7. The first-order valence-corrected chi connectivity index (χ1v) is 18.5. The molecule has 28 heteroatoms. The number of carbonyl (C=O) groups excluding carboxylic acids is 12. The maximum Gasteiger partial charge on any atom is 0.330 e. The highest BCUT2D eigenvalue weighted by molar-refractivity contribution is 5.92. The van der Waals surface area contributed by atoms with Gasteiger partial charge >= 0.3 is 71.6 Å². The lowest BCUT2D eigenvalue weighted by atomic mass is 9.86. The number of ether oxygens (including phenoxy) is 14. The Labute approximate surface area is 414 Å². The van der Waals surface area contributed by atoms with Crippen LogP contribution in [-0.4, -0.2) is 195 Å². The summed E-state index contributed by atoms with van der Waals surface area (Å²) in [6.45, 7) is -0.361. The highest BCUT2D eigenvalue weighted by Crippen LogP contribution is 2.25. The van der Waals surface area contributed by atoms with Gasteiger partial charge in [-0.3, -0.25) is 38.4 Å². The lowest BCUT2D eigenvalue weighted by Gasteiger charge is -2.21. The number of carbonyl (C=O) groups is 12. The highest BCUT2D eigenvalue weighted by Gasteiger charge is 2.40. The molecule has 416 valence electrons. The molecule has 0 heterocycles. The topological polar surface area (TPSA) is 375 Å². The number of methoxy groups -OCH3 is 14. The monoisotopic (exact) mass is 1040 g/mol. The van der Waals surface area contributed by atoms with Crippen molar-refractivity contribution in [2.24, 2.45) is 23.7 Å². The second-order valence-corrected chi connectivity index (χ2v) is 11.2. The Morgan fingerprint density at radius 1 is 0.296 bits per heavy atom. The summed E-state index contributed by atoms with van der Waals surface area (Å²) in [7, 11) is 16.8. The molecule has 0 saturated heterocycles. The smallest absolute Gasteiger partial charge is 0.330 e. The minimum atomic E-state index is -1.18. The van der Waals surface area contributed by atoms with E-state index < -0.39 is 121 Å². The van der Waals surface area contributed by atoms with E-state index >= 15 is 0 Å². The lowest BCUT2D eigenvalue weighted by molar-refractivity contribution is -0.164. The Morgan fingerprint density at radius 2 is 0.437 bits per heavy atom. The first kappa shape index (κ1) is 83.9. The van der Waals surface area contributed by atoms with E-state index in [2.05, 4.69) is 66.3 Å². The molecular formula is C43H76O28. The van der Waals surface area contributed by atoms with E-state index in [-0.39, 0.29) is 35.9 Å². The molecule has 4 unspecified atom stereocenters. The Hall–Kier alpha value is -7.04. The second kappa shape index (κ2) is 57.3. The predicted octanol–water partition coefficient (Wildman–Crippen LogP) is 0.233. The molecule has 0 rings (SSSR count). The third-order valence-corrected chi connectivity index (χ3v) is 7.22. The van der Waals surface area contributed by atoms with Gasteiger partial charge in [0.1, 0.15) is 13.6 Å². The number of hydrogen-bond acceptors (Lipinski definition) is 28. The van der Waals surface area contributed by atoms with Crippen molar-refractivity contribution in [1.82, 2.24) is 0 Å². The number of esters is 12. The quantitative estimate of drug-likeness (QED) is 0.0713. The summed E-state index contributed by atoms with van der Waals surface area (Å²) in [6.07, 6.45) is 2.36. The summed E-state index contributed by atoms with van der Waals surface area (Å²) in [5, 5.41) is 15.3. The summed E-state index contributed by atoms with van der Waals surface area (Å²) < 4.78 is 61.0. The molecule has 0 amide bonds. The summed E-state index contributed by atoms with van der Waals surface area (Å²) in [6, 6.07) is 0. The van der Waals surface area contributed by atoms with Crippen LogP contribution >= 0.6 is 0 Å². The van der Waals surface area contributed by atoms with Crippen molar-refractivity contribution < 1.29 is 134 Å². The van der Waals surface area contributed by atoms with Crippen LogP contribution in [0.15, 0.2) is 24.3 Å². The molecule has 0 aromatic heterocycles. The van der Waals surface area contributed by atoms with Crippen LogP contribution in [0.1, 0.15) is 48.0 Å².